The topological polar surface area (TPSA) is 43.4 Å². The minimum atomic E-state index is -1.03. The molecule has 1 fully saturated rings. The molecule has 0 spiro atoms. The number of ketones is 1. The Morgan fingerprint density at radius 1 is 1.32 bits per heavy atom. The smallest absolute Gasteiger partial charge is 0.323 e. The lowest BCUT2D eigenvalue weighted by molar-refractivity contribution is -0.156. The van der Waals surface area contributed by atoms with E-state index in [-0.39, 0.29) is 11.8 Å². The van der Waals surface area contributed by atoms with E-state index in [1.54, 1.807) is 6.92 Å². The molecule has 0 aromatic carbocycles. The number of hydrogen-bond acceptors (Lipinski definition) is 3. The Morgan fingerprint density at radius 2 is 2.05 bits per heavy atom. The molecule has 1 aliphatic rings. The van der Waals surface area contributed by atoms with E-state index in [1.807, 2.05) is 0 Å². The molecule has 0 N–H and O–H groups in total. The Hall–Kier alpha value is -1.12. The van der Waals surface area contributed by atoms with Crippen LogP contribution in [-0.2, 0) is 14.3 Å². The molecule has 1 rings (SSSR count). The van der Waals surface area contributed by atoms with Crippen LogP contribution in [0.2, 0.25) is 0 Å². The van der Waals surface area contributed by atoms with Gasteiger partial charge >= 0.3 is 5.97 Å². The minimum Gasteiger partial charge on any atom is -0.465 e. The van der Waals surface area contributed by atoms with Crippen molar-refractivity contribution in [1.29, 1.82) is 0 Å². The zero-order valence-electron chi connectivity index (χ0n) is 12.3. The first-order chi connectivity index (χ1) is 9.09. The summed E-state index contributed by atoms with van der Waals surface area (Å²) < 4.78 is 5.13. The van der Waals surface area contributed by atoms with E-state index in [0.717, 1.165) is 31.3 Å². The summed E-state index contributed by atoms with van der Waals surface area (Å²) in [7, 11) is 0. The quantitative estimate of drug-likeness (QED) is 0.290. The van der Waals surface area contributed by atoms with Crippen LogP contribution in [0.1, 0.15) is 65.2 Å². The number of unbranched alkanes of at least 4 members (excludes halogenated alkanes) is 3. The van der Waals surface area contributed by atoms with Gasteiger partial charge in [0, 0.05) is 6.42 Å². The molecule has 1 atom stereocenters. The Labute approximate surface area is 116 Å². The highest BCUT2D eigenvalue weighted by Crippen LogP contribution is 2.43. The number of hydrogen-bond donors (Lipinski definition) is 0. The molecule has 0 saturated heterocycles. The van der Waals surface area contributed by atoms with Crippen molar-refractivity contribution in [3.05, 3.63) is 12.2 Å². The Kier molecular flexibility index (Phi) is 6.26. The zero-order chi connectivity index (χ0) is 14.3. The molecule has 0 aliphatic heterocycles. The molecular formula is C16H26O3. The fourth-order valence-corrected chi connectivity index (χ4v) is 2.83. The Bertz CT molecular complexity index is 346. The van der Waals surface area contributed by atoms with E-state index in [1.165, 1.54) is 12.8 Å². The van der Waals surface area contributed by atoms with Crippen LogP contribution in [-0.4, -0.2) is 18.4 Å². The molecule has 108 valence electrons. The maximum atomic E-state index is 12.2. The van der Waals surface area contributed by atoms with E-state index < -0.39 is 5.41 Å². The molecule has 0 heterocycles. The van der Waals surface area contributed by atoms with Gasteiger partial charge in [0.1, 0.15) is 5.41 Å². The van der Waals surface area contributed by atoms with Gasteiger partial charge in [-0.05, 0) is 32.6 Å². The molecule has 0 amide bonds. The van der Waals surface area contributed by atoms with Gasteiger partial charge in [-0.2, -0.15) is 0 Å². The molecule has 1 saturated carbocycles. The van der Waals surface area contributed by atoms with E-state index >= 15 is 0 Å². The number of carbonyl (C=O) groups is 2. The van der Waals surface area contributed by atoms with Crippen LogP contribution in [0, 0.1) is 5.41 Å². The Balaban J connectivity index is 2.72. The van der Waals surface area contributed by atoms with E-state index in [9.17, 15) is 9.59 Å². The molecular weight excluding hydrogens is 240 g/mol. The van der Waals surface area contributed by atoms with Crippen LogP contribution >= 0.6 is 0 Å². The summed E-state index contributed by atoms with van der Waals surface area (Å²) in [4.78, 5) is 24.4. The predicted octanol–water partition coefficient (Wildman–Crippen LogP) is 3.82. The normalized spacial score (nSPS) is 22.5. The van der Waals surface area contributed by atoms with Crippen molar-refractivity contribution in [3.63, 3.8) is 0 Å². The third-order valence-corrected chi connectivity index (χ3v) is 3.99. The summed E-state index contributed by atoms with van der Waals surface area (Å²) in [5.74, 6) is -0.371. The van der Waals surface area contributed by atoms with Crippen LogP contribution in [0.25, 0.3) is 0 Å². The minimum absolute atomic E-state index is 0.00596. The number of Topliss-reactive ketones (excluding diaryl/α,β-unsaturated/α-hetero) is 1. The van der Waals surface area contributed by atoms with Crippen LogP contribution in [0.15, 0.2) is 12.2 Å². The third-order valence-electron chi connectivity index (χ3n) is 3.99. The average Bonchev–Trinajstić information content (AvgIpc) is 2.77. The molecule has 19 heavy (non-hydrogen) atoms. The standard InChI is InChI=1S/C16H26O3/c1-4-6-7-8-10-13(3)16(15(18)19-5-2)12-9-11-14(16)17/h3-12H2,1-2H3/t16-/m1/s1. The van der Waals surface area contributed by atoms with E-state index in [2.05, 4.69) is 13.5 Å². The first-order valence-electron chi connectivity index (χ1n) is 7.48. The second-order valence-corrected chi connectivity index (χ2v) is 5.32. The maximum absolute atomic E-state index is 12.2. The molecule has 0 bridgehead atoms. The van der Waals surface area contributed by atoms with Crippen LogP contribution < -0.4 is 0 Å². The van der Waals surface area contributed by atoms with Crippen LogP contribution in [0.4, 0.5) is 0 Å². The number of esters is 1. The van der Waals surface area contributed by atoms with Gasteiger partial charge in [0.05, 0.1) is 6.61 Å². The van der Waals surface area contributed by atoms with Crippen molar-refractivity contribution in [1.82, 2.24) is 0 Å². The van der Waals surface area contributed by atoms with Gasteiger partial charge in [-0.15, -0.1) is 0 Å². The fraction of sp³-hybridized carbons (Fsp3) is 0.750. The monoisotopic (exact) mass is 266 g/mol. The highest BCUT2D eigenvalue weighted by atomic mass is 16.5. The van der Waals surface area contributed by atoms with Gasteiger partial charge < -0.3 is 4.74 Å². The van der Waals surface area contributed by atoms with Gasteiger partial charge in [0.2, 0.25) is 0 Å². The van der Waals surface area contributed by atoms with E-state index in [0.29, 0.717) is 19.4 Å². The summed E-state index contributed by atoms with van der Waals surface area (Å²) >= 11 is 0. The lowest BCUT2D eigenvalue weighted by Crippen LogP contribution is -2.38. The van der Waals surface area contributed by atoms with Crippen LogP contribution in [0.3, 0.4) is 0 Å². The Morgan fingerprint density at radius 3 is 2.58 bits per heavy atom. The molecule has 0 unspecified atom stereocenters. The van der Waals surface area contributed by atoms with Crippen molar-refractivity contribution in [3.8, 4) is 0 Å². The second-order valence-electron chi connectivity index (χ2n) is 5.32. The number of ether oxygens (including phenoxy) is 1. The first kappa shape index (κ1) is 15.9. The summed E-state index contributed by atoms with van der Waals surface area (Å²) in [5.41, 5.74) is -0.257. The molecule has 1 aliphatic carbocycles. The fourth-order valence-electron chi connectivity index (χ4n) is 2.83. The lowest BCUT2D eigenvalue weighted by atomic mass is 9.76. The summed E-state index contributed by atoms with van der Waals surface area (Å²) in [5, 5.41) is 0. The van der Waals surface area contributed by atoms with Crippen molar-refractivity contribution >= 4 is 11.8 Å². The van der Waals surface area contributed by atoms with Crippen molar-refractivity contribution in [2.45, 2.75) is 65.2 Å². The maximum Gasteiger partial charge on any atom is 0.323 e. The van der Waals surface area contributed by atoms with Gasteiger partial charge in [0.15, 0.2) is 5.78 Å². The molecule has 0 aromatic heterocycles. The SMILES string of the molecule is C=C(CCCCCC)[C@]1(C(=O)OCC)CCCC1=O. The molecule has 3 heteroatoms. The number of carbonyl (C=O) groups excluding carboxylic acids is 2. The highest BCUT2D eigenvalue weighted by molar-refractivity contribution is 6.08. The van der Waals surface area contributed by atoms with Gasteiger partial charge in [-0.1, -0.05) is 38.3 Å². The van der Waals surface area contributed by atoms with Gasteiger partial charge in [0.25, 0.3) is 0 Å². The van der Waals surface area contributed by atoms with Crippen molar-refractivity contribution < 1.29 is 14.3 Å². The second kappa shape index (κ2) is 7.46. The third kappa shape index (κ3) is 3.46. The molecule has 0 radical (unpaired) electrons. The van der Waals surface area contributed by atoms with Crippen molar-refractivity contribution in [2.75, 3.05) is 6.61 Å². The predicted molar refractivity (Wildman–Crippen MR) is 75.8 cm³/mol. The zero-order valence-corrected chi connectivity index (χ0v) is 12.3. The van der Waals surface area contributed by atoms with Crippen molar-refractivity contribution in [2.24, 2.45) is 5.41 Å². The average molecular weight is 266 g/mol. The molecule has 0 aromatic rings. The largest absolute Gasteiger partial charge is 0.465 e. The number of rotatable bonds is 8. The first-order valence-corrected chi connectivity index (χ1v) is 7.48. The summed E-state index contributed by atoms with van der Waals surface area (Å²) in [6, 6.07) is 0. The van der Waals surface area contributed by atoms with Gasteiger partial charge in [-0.3, -0.25) is 9.59 Å². The van der Waals surface area contributed by atoms with Gasteiger partial charge in [-0.25, -0.2) is 0 Å². The summed E-state index contributed by atoms with van der Waals surface area (Å²) in [6.45, 7) is 8.29. The van der Waals surface area contributed by atoms with Crippen LogP contribution in [0.5, 0.6) is 0 Å². The van der Waals surface area contributed by atoms with E-state index in [4.69, 9.17) is 4.74 Å². The lowest BCUT2D eigenvalue weighted by Gasteiger charge is -2.27. The molecule has 3 nitrogen and oxygen atoms in total. The highest BCUT2D eigenvalue weighted by Gasteiger charge is 2.51. The summed E-state index contributed by atoms with van der Waals surface area (Å²) in [6.07, 6.45) is 7.08.